The van der Waals surface area contributed by atoms with Crippen molar-refractivity contribution in [3.05, 3.63) is 35.9 Å². The average molecular weight is 313 g/mol. The number of halogens is 1. The number of carbonyl (C=O) groups excluding carboxylic acids is 1. The number of aliphatic carboxylic acids is 1. The van der Waals surface area contributed by atoms with Gasteiger partial charge in [0.1, 0.15) is 6.54 Å². The molecule has 2 atom stereocenters. The molecular weight excluding hydrogens is 292 g/mol. The molecule has 0 aromatic heterocycles. The van der Waals surface area contributed by atoms with E-state index in [0.29, 0.717) is 5.92 Å². The van der Waals surface area contributed by atoms with E-state index >= 15 is 0 Å². The molecule has 0 saturated carbocycles. The van der Waals surface area contributed by atoms with Crippen LogP contribution in [-0.4, -0.2) is 47.6 Å². The molecule has 2 rings (SSSR count). The molecular formula is C15H21ClN2O3. The Hall–Kier alpha value is -1.59. The Balaban J connectivity index is 0.00000220. The molecule has 1 aliphatic heterocycles. The summed E-state index contributed by atoms with van der Waals surface area (Å²) in [5.41, 5.74) is 1.30. The van der Waals surface area contributed by atoms with Gasteiger partial charge in [0.15, 0.2) is 0 Å². The smallest absolute Gasteiger partial charge is 0.322 e. The van der Waals surface area contributed by atoms with Crippen LogP contribution >= 0.6 is 12.4 Å². The van der Waals surface area contributed by atoms with E-state index in [1.54, 1.807) is 0 Å². The summed E-state index contributed by atoms with van der Waals surface area (Å²) >= 11 is 0. The van der Waals surface area contributed by atoms with Crippen LogP contribution in [0.2, 0.25) is 0 Å². The fourth-order valence-electron chi connectivity index (χ4n) is 2.79. The number of benzene rings is 1. The van der Waals surface area contributed by atoms with Crippen LogP contribution in [0, 0.1) is 0 Å². The van der Waals surface area contributed by atoms with Gasteiger partial charge < -0.3 is 10.4 Å². The summed E-state index contributed by atoms with van der Waals surface area (Å²) in [7, 11) is 0. The fourth-order valence-corrected chi connectivity index (χ4v) is 2.79. The van der Waals surface area contributed by atoms with Gasteiger partial charge in [-0.25, -0.2) is 0 Å². The predicted molar refractivity (Wildman–Crippen MR) is 82.7 cm³/mol. The average Bonchev–Trinajstić information content (AvgIpc) is 2.79. The molecule has 6 heteroatoms. The van der Waals surface area contributed by atoms with Crippen molar-refractivity contribution in [2.24, 2.45) is 0 Å². The number of nitrogens with one attached hydrogen (secondary N) is 1. The van der Waals surface area contributed by atoms with Crippen LogP contribution in [0.1, 0.15) is 24.8 Å². The van der Waals surface area contributed by atoms with Crippen molar-refractivity contribution in [2.75, 3.05) is 19.6 Å². The molecule has 1 aromatic carbocycles. The topological polar surface area (TPSA) is 69.6 Å². The Bertz CT molecular complexity index is 481. The normalized spacial score (nSPS) is 21.6. The number of rotatable bonds is 5. The van der Waals surface area contributed by atoms with Crippen molar-refractivity contribution >= 4 is 24.3 Å². The number of carbonyl (C=O) groups is 2. The molecule has 1 heterocycles. The Kier molecular flexibility index (Phi) is 6.65. The Labute approximate surface area is 130 Å². The summed E-state index contributed by atoms with van der Waals surface area (Å²) in [6, 6.07) is 10.6. The summed E-state index contributed by atoms with van der Waals surface area (Å²) < 4.78 is 0. The van der Waals surface area contributed by atoms with Gasteiger partial charge in [0.05, 0.1) is 6.54 Å². The number of likely N-dealkylation sites (tertiary alicyclic amines) is 1. The largest absolute Gasteiger partial charge is 0.480 e. The lowest BCUT2D eigenvalue weighted by atomic mass is 9.93. The molecule has 1 saturated heterocycles. The molecule has 2 unspecified atom stereocenters. The molecule has 1 aliphatic rings. The minimum Gasteiger partial charge on any atom is -0.480 e. The van der Waals surface area contributed by atoms with E-state index in [2.05, 4.69) is 29.3 Å². The first-order valence-electron chi connectivity index (χ1n) is 6.85. The van der Waals surface area contributed by atoms with E-state index < -0.39 is 5.97 Å². The third kappa shape index (κ3) is 4.72. The summed E-state index contributed by atoms with van der Waals surface area (Å²) in [5.74, 6) is -0.814. The van der Waals surface area contributed by atoms with Crippen LogP contribution in [0.5, 0.6) is 0 Å². The van der Waals surface area contributed by atoms with Crippen molar-refractivity contribution in [3.8, 4) is 0 Å². The Morgan fingerprint density at radius 1 is 1.33 bits per heavy atom. The maximum atomic E-state index is 11.7. The van der Waals surface area contributed by atoms with Gasteiger partial charge >= 0.3 is 5.97 Å². The van der Waals surface area contributed by atoms with Gasteiger partial charge in [0, 0.05) is 12.0 Å². The van der Waals surface area contributed by atoms with E-state index in [1.807, 2.05) is 18.2 Å². The lowest BCUT2D eigenvalue weighted by molar-refractivity contribution is -0.138. The van der Waals surface area contributed by atoms with E-state index in [1.165, 1.54) is 5.56 Å². The lowest BCUT2D eigenvalue weighted by Gasteiger charge is -2.24. The standard InChI is InChI=1S/C15H20N2O3.ClH/c1-11-13(12-5-3-2-4-6-12)7-8-17(11)10-14(18)16-9-15(19)20;/h2-6,11,13H,7-10H2,1H3,(H,16,18)(H,19,20);1H. The van der Waals surface area contributed by atoms with Gasteiger partial charge in [-0.3, -0.25) is 14.5 Å². The zero-order valence-electron chi connectivity index (χ0n) is 12.0. The zero-order valence-corrected chi connectivity index (χ0v) is 12.8. The highest BCUT2D eigenvalue weighted by atomic mass is 35.5. The van der Waals surface area contributed by atoms with E-state index in [9.17, 15) is 9.59 Å². The number of hydrogen-bond donors (Lipinski definition) is 2. The molecule has 0 aliphatic carbocycles. The first-order chi connectivity index (χ1) is 9.58. The minimum atomic E-state index is -1.02. The molecule has 21 heavy (non-hydrogen) atoms. The van der Waals surface area contributed by atoms with Gasteiger partial charge in [-0.05, 0) is 25.5 Å². The van der Waals surface area contributed by atoms with Crippen molar-refractivity contribution in [3.63, 3.8) is 0 Å². The molecule has 0 bridgehead atoms. The maximum absolute atomic E-state index is 11.7. The number of carboxylic acids is 1. The molecule has 5 nitrogen and oxygen atoms in total. The first kappa shape index (κ1) is 17.5. The van der Waals surface area contributed by atoms with Gasteiger partial charge in [-0.15, -0.1) is 12.4 Å². The second kappa shape index (κ2) is 8.00. The zero-order chi connectivity index (χ0) is 14.5. The Morgan fingerprint density at radius 2 is 2.00 bits per heavy atom. The molecule has 1 amide bonds. The van der Waals surface area contributed by atoms with Crippen molar-refractivity contribution < 1.29 is 14.7 Å². The van der Waals surface area contributed by atoms with Crippen molar-refractivity contribution in [2.45, 2.75) is 25.3 Å². The van der Waals surface area contributed by atoms with Gasteiger partial charge in [0.25, 0.3) is 0 Å². The molecule has 1 aromatic rings. The third-order valence-electron chi connectivity index (χ3n) is 3.90. The van der Waals surface area contributed by atoms with Crippen molar-refractivity contribution in [1.29, 1.82) is 0 Å². The van der Waals surface area contributed by atoms with Crippen molar-refractivity contribution in [1.82, 2.24) is 10.2 Å². The number of carboxylic acid groups (broad SMARTS) is 1. The number of nitrogens with zero attached hydrogens (tertiary/aromatic N) is 1. The van der Waals surface area contributed by atoms with E-state index in [-0.39, 0.29) is 37.4 Å². The van der Waals surface area contributed by atoms with Crippen LogP contribution < -0.4 is 5.32 Å². The van der Waals surface area contributed by atoms with E-state index in [4.69, 9.17) is 5.11 Å². The third-order valence-corrected chi connectivity index (χ3v) is 3.90. The van der Waals surface area contributed by atoms with E-state index in [0.717, 1.165) is 13.0 Å². The minimum absolute atomic E-state index is 0. The highest BCUT2D eigenvalue weighted by Crippen LogP contribution is 2.32. The predicted octanol–water partition coefficient (Wildman–Crippen LogP) is 1.49. The van der Waals surface area contributed by atoms with Gasteiger partial charge in [0.2, 0.25) is 5.91 Å². The summed E-state index contributed by atoms with van der Waals surface area (Å²) in [6.45, 7) is 2.93. The Morgan fingerprint density at radius 3 is 2.62 bits per heavy atom. The SMILES string of the molecule is CC1C(c2ccccc2)CCN1CC(=O)NCC(=O)O.Cl. The van der Waals surface area contributed by atoms with Crippen LogP contribution in [-0.2, 0) is 9.59 Å². The molecule has 2 N–H and O–H groups in total. The van der Waals surface area contributed by atoms with Gasteiger partial charge in [-0.2, -0.15) is 0 Å². The second-order valence-electron chi connectivity index (χ2n) is 5.19. The molecule has 0 spiro atoms. The second-order valence-corrected chi connectivity index (χ2v) is 5.19. The number of amides is 1. The van der Waals surface area contributed by atoms with Gasteiger partial charge in [-0.1, -0.05) is 30.3 Å². The molecule has 1 fully saturated rings. The number of hydrogen-bond acceptors (Lipinski definition) is 3. The highest BCUT2D eigenvalue weighted by molar-refractivity contribution is 5.85. The maximum Gasteiger partial charge on any atom is 0.322 e. The summed E-state index contributed by atoms with van der Waals surface area (Å²) in [6.07, 6.45) is 1.03. The van der Waals surface area contributed by atoms with Crippen LogP contribution in [0.3, 0.4) is 0 Å². The molecule has 0 radical (unpaired) electrons. The summed E-state index contributed by atoms with van der Waals surface area (Å²) in [4.78, 5) is 24.2. The summed E-state index contributed by atoms with van der Waals surface area (Å²) in [5, 5.41) is 10.9. The monoisotopic (exact) mass is 312 g/mol. The quantitative estimate of drug-likeness (QED) is 0.864. The highest BCUT2D eigenvalue weighted by Gasteiger charge is 2.32. The first-order valence-corrected chi connectivity index (χ1v) is 6.85. The van der Waals surface area contributed by atoms with Crippen LogP contribution in [0.4, 0.5) is 0 Å². The fraction of sp³-hybridized carbons (Fsp3) is 0.467. The van der Waals surface area contributed by atoms with Crippen LogP contribution in [0.15, 0.2) is 30.3 Å². The molecule has 116 valence electrons. The van der Waals surface area contributed by atoms with Crippen LogP contribution in [0.25, 0.3) is 0 Å². The lowest BCUT2D eigenvalue weighted by Crippen LogP contribution is -2.41.